The predicted molar refractivity (Wildman–Crippen MR) is 244 cm³/mol. The maximum atomic E-state index is 13.8. The third-order valence-electron chi connectivity index (χ3n) is 12.1. The Morgan fingerprint density at radius 1 is 0.611 bits per heavy atom. The summed E-state index contributed by atoms with van der Waals surface area (Å²) in [6, 6.07) is 26.1. The summed E-state index contributed by atoms with van der Waals surface area (Å²) in [7, 11) is 1.51. The van der Waals surface area contributed by atoms with Crippen molar-refractivity contribution in [2.45, 2.75) is 98.4 Å². The van der Waals surface area contributed by atoms with E-state index in [0.29, 0.717) is 11.3 Å². The molecule has 6 unspecified atom stereocenters. The molecule has 1 aliphatic carbocycles. The number of hydrogen-bond donors (Lipinski definition) is 1. The van der Waals surface area contributed by atoms with Crippen LogP contribution in [0.4, 0.5) is 0 Å². The van der Waals surface area contributed by atoms with E-state index in [4.69, 9.17) is 47.4 Å². The first-order valence-corrected chi connectivity index (χ1v) is 22.3. The van der Waals surface area contributed by atoms with Gasteiger partial charge in [-0.25, -0.2) is 14.4 Å². The van der Waals surface area contributed by atoms with Crippen LogP contribution in [0.2, 0.25) is 0 Å². The minimum atomic E-state index is -1.96. The normalized spacial score (nSPS) is 30.5. The summed E-state index contributed by atoms with van der Waals surface area (Å²) in [6.07, 6.45) is -18.3. The number of ether oxygens (including phenoxy) is 10. The molecule has 8 rings (SSSR count). The molecule has 0 amide bonds. The molecule has 3 heterocycles. The van der Waals surface area contributed by atoms with Crippen LogP contribution in [-0.2, 0) is 42.6 Å². The van der Waals surface area contributed by atoms with Crippen LogP contribution in [0.3, 0.4) is 0 Å². The Labute approximate surface area is 408 Å². The lowest BCUT2D eigenvalue weighted by Gasteiger charge is -2.50. The molecule has 1 N–H and O–H groups in total. The topological polar surface area (TPSA) is 359 Å². The van der Waals surface area contributed by atoms with Crippen LogP contribution in [0.25, 0.3) is 41.8 Å². The van der Waals surface area contributed by atoms with Gasteiger partial charge in [0.05, 0.1) is 61.2 Å². The van der Waals surface area contributed by atoms with Gasteiger partial charge in [0.2, 0.25) is 0 Å². The van der Waals surface area contributed by atoms with Crippen LogP contribution in [0.1, 0.15) is 49.3 Å². The number of carbonyl (C=O) groups excluding carboxylic acids is 3. The van der Waals surface area contributed by atoms with E-state index >= 15 is 0 Å². The van der Waals surface area contributed by atoms with Gasteiger partial charge >= 0.3 is 17.9 Å². The van der Waals surface area contributed by atoms with Gasteiger partial charge in [-0.1, -0.05) is 87.2 Å². The van der Waals surface area contributed by atoms with E-state index in [1.807, 2.05) is 0 Å². The number of carbonyl (C=O) groups is 3. The molecule has 0 bridgehead atoms. The van der Waals surface area contributed by atoms with E-state index in [1.165, 1.54) is 43.5 Å². The Kier molecular flexibility index (Phi) is 16.7. The monoisotopic (exact) mass is 988 g/mol. The second kappa shape index (κ2) is 23.8. The van der Waals surface area contributed by atoms with E-state index in [1.54, 1.807) is 78.9 Å². The van der Waals surface area contributed by atoms with E-state index in [2.05, 4.69) is 40.1 Å². The molecule has 26 nitrogen and oxygen atoms in total. The second-order valence-corrected chi connectivity index (χ2v) is 16.4. The first-order valence-electron chi connectivity index (χ1n) is 22.3. The third-order valence-corrected chi connectivity index (χ3v) is 12.1. The maximum Gasteiger partial charge on any atom is 0.338 e. The number of aliphatic hydroxyl groups excluding tert-OH is 1. The Hall–Kier alpha value is -7.95. The average Bonchev–Trinajstić information content (AvgIpc) is 3.72. The molecule has 26 heteroatoms. The van der Waals surface area contributed by atoms with Crippen molar-refractivity contribution in [2.24, 2.45) is 20.5 Å². The highest BCUT2D eigenvalue weighted by atomic mass is 16.8. The summed E-state index contributed by atoms with van der Waals surface area (Å²) in [6.45, 7) is -0.650. The number of nitrogens with zero attached hydrogens (tertiary/aromatic N) is 12. The summed E-state index contributed by atoms with van der Waals surface area (Å²) in [4.78, 5) is 52.7. The van der Waals surface area contributed by atoms with Crippen molar-refractivity contribution in [3.63, 3.8) is 0 Å². The van der Waals surface area contributed by atoms with Gasteiger partial charge in [-0.05, 0) is 77.1 Å². The molecule has 72 heavy (non-hydrogen) atoms. The number of azide groups is 4. The summed E-state index contributed by atoms with van der Waals surface area (Å²) in [5.41, 5.74) is 39.7. The molecular formula is C46H44N12O14. The fraction of sp³-hybridized carbons (Fsp3) is 0.413. The van der Waals surface area contributed by atoms with E-state index in [-0.39, 0.29) is 29.7 Å². The first-order chi connectivity index (χ1) is 35.1. The summed E-state index contributed by atoms with van der Waals surface area (Å²) >= 11 is 0. The summed E-state index contributed by atoms with van der Waals surface area (Å²) in [5, 5.41) is 27.6. The molecule has 0 spiro atoms. The highest BCUT2D eigenvalue weighted by molar-refractivity contribution is 5.90. The molecule has 0 aromatic heterocycles. The van der Waals surface area contributed by atoms with Crippen LogP contribution in [0.15, 0.2) is 136 Å². The minimum Gasteiger partial charge on any atom is -0.497 e. The van der Waals surface area contributed by atoms with E-state index in [9.17, 15) is 41.6 Å². The number of benzene rings is 4. The number of fused-ring (bicyclic) bond motifs is 1. The Morgan fingerprint density at radius 2 is 1.12 bits per heavy atom. The van der Waals surface area contributed by atoms with Gasteiger partial charge < -0.3 is 52.5 Å². The number of hydrogen-bond acceptors (Lipinski definition) is 18. The van der Waals surface area contributed by atoms with Gasteiger partial charge in [-0.2, -0.15) is 0 Å². The molecule has 15 atom stereocenters. The standard InChI is InChI=1S/C46H44N12O14/c1-63-28-19-17-27(18-20-28)44-64-23-32-38(72-44)39(68-42(61)25-13-7-3-8-14-25)33(54-58-50)45(66-32)70-35-29(52-56-48)21-30(53-57-49)36(34(35)59)71-46-40(69-43(62)26-15-9-4-10-16-26)37(31(65-46)22-51-55-47)67-41(60)24-11-5-2-6-12-24/h2-20,29-40,44-46,59H,21-23H2,1H3/t29?,30-,31-,32?,33?,34+,35-,36?,37-,38-,39-,40?,44?,45-,46+/m1/s1. The molecule has 4 fully saturated rings. The fourth-order valence-corrected chi connectivity index (χ4v) is 8.72. The highest BCUT2D eigenvalue weighted by Gasteiger charge is 2.57. The average molecular weight is 989 g/mol. The third kappa shape index (κ3) is 11.5. The fourth-order valence-electron chi connectivity index (χ4n) is 8.72. The number of methoxy groups -OCH3 is 1. The molecule has 3 aliphatic heterocycles. The largest absolute Gasteiger partial charge is 0.497 e. The lowest BCUT2D eigenvalue weighted by Crippen LogP contribution is -2.65. The first kappa shape index (κ1) is 50.4. The van der Waals surface area contributed by atoms with Crippen LogP contribution in [-0.4, -0.2) is 129 Å². The summed E-state index contributed by atoms with van der Waals surface area (Å²) in [5.74, 6) is -2.03. The zero-order chi connectivity index (χ0) is 50.6. The highest BCUT2D eigenvalue weighted by Crippen LogP contribution is 2.41. The zero-order valence-electron chi connectivity index (χ0n) is 37.9. The van der Waals surface area contributed by atoms with Crippen molar-refractivity contribution in [3.05, 3.63) is 179 Å². The predicted octanol–water partition coefficient (Wildman–Crippen LogP) is 7.12. The van der Waals surface area contributed by atoms with Gasteiger partial charge in [0.1, 0.15) is 42.3 Å². The van der Waals surface area contributed by atoms with Crippen molar-refractivity contribution >= 4 is 17.9 Å². The van der Waals surface area contributed by atoms with Crippen molar-refractivity contribution in [2.75, 3.05) is 20.3 Å². The number of esters is 3. The van der Waals surface area contributed by atoms with Crippen LogP contribution >= 0.6 is 0 Å². The van der Waals surface area contributed by atoms with Crippen molar-refractivity contribution in [1.82, 2.24) is 0 Å². The Bertz CT molecular complexity index is 2730. The smallest absolute Gasteiger partial charge is 0.338 e. The van der Waals surface area contributed by atoms with Crippen LogP contribution in [0, 0.1) is 0 Å². The van der Waals surface area contributed by atoms with Crippen LogP contribution in [0.5, 0.6) is 5.75 Å². The van der Waals surface area contributed by atoms with Gasteiger partial charge in [0.25, 0.3) is 0 Å². The quantitative estimate of drug-likeness (QED) is 0.0362. The molecule has 3 saturated heterocycles. The van der Waals surface area contributed by atoms with Gasteiger partial charge in [-0.3, -0.25) is 0 Å². The SMILES string of the molecule is COc1ccc(C2OCC3O[C@H](O[C@@H]4C(N=[N+]=[N-])C[C@@H](N=[N+]=[N-])C(O[C@@H]5O[C@H](CN=[N+]=[N-])[C@@H](OC(=O)c6ccccc6)C5OC(=O)c5ccccc5)[C@H]4O)C(N=[N+]=[N-])[C@@H](OC(=O)c4ccccc4)[C@@H]3O2)cc1. The van der Waals surface area contributed by atoms with Gasteiger partial charge in [0.15, 0.2) is 31.1 Å². The molecule has 4 aliphatic rings. The van der Waals surface area contributed by atoms with Crippen molar-refractivity contribution in [3.8, 4) is 5.75 Å². The Balaban J connectivity index is 1.12. The minimum absolute atomic E-state index is 0.0836. The molecule has 4 aromatic rings. The zero-order valence-corrected chi connectivity index (χ0v) is 37.9. The Morgan fingerprint density at radius 3 is 1.64 bits per heavy atom. The number of rotatable bonds is 17. The lowest BCUT2D eigenvalue weighted by atomic mass is 9.84. The second-order valence-electron chi connectivity index (χ2n) is 16.4. The van der Waals surface area contributed by atoms with Crippen molar-refractivity contribution < 1.29 is 66.9 Å². The molecule has 1 saturated carbocycles. The van der Waals surface area contributed by atoms with Crippen molar-refractivity contribution in [1.29, 1.82) is 0 Å². The van der Waals surface area contributed by atoms with Crippen LogP contribution < -0.4 is 4.74 Å². The van der Waals surface area contributed by atoms with E-state index in [0.717, 1.165) is 0 Å². The summed E-state index contributed by atoms with van der Waals surface area (Å²) < 4.78 is 61.1. The lowest BCUT2D eigenvalue weighted by molar-refractivity contribution is -0.352. The number of aliphatic hydroxyl groups is 1. The van der Waals surface area contributed by atoms with E-state index < -0.39 is 116 Å². The molecule has 372 valence electrons. The molecule has 0 radical (unpaired) electrons. The van der Waals surface area contributed by atoms with Gasteiger partial charge in [0, 0.05) is 25.2 Å². The molecular weight excluding hydrogens is 945 g/mol. The van der Waals surface area contributed by atoms with Gasteiger partial charge in [-0.15, -0.1) is 0 Å². The maximum absolute atomic E-state index is 13.8. The molecule has 4 aromatic carbocycles.